The van der Waals surface area contributed by atoms with Crippen LogP contribution < -0.4 is 10.1 Å². The maximum absolute atomic E-state index is 12.5. The van der Waals surface area contributed by atoms with Crippen LogP contribution in [0.15, 0.2) is 24.3 Å². The second kappa shape index (κ2) is 9.93. The maximum atomic E-state index is 12.5. The van der Waals surface area contributed by atoms with Gasteiger partial charge in [-0.15, -0.1) is 0 Å². The van der Waals surface area contributed by atoms with E-state index in [1.807, 2.05) is 38.1 Å². The lowest BCUT2D eigenvalue weighted by molar-refractivity contribution is -0.143. The normalized spacial score (nSPS) is 11.9. The highest BCUT2D eigenvalue weighted by Crippen LogP contribution is 2.16. The van der Waals surface area contributed by atoms with Gasteiger partial charge in [0.25, 0.3) is 0 Å². The molecule has 0 aliphatic heterocycles. The fourth-order valence-electron chi connectivity index (χ4n) is 2.23. The molecule has 1 N–H and O–H groups in total. The fraction of sp³-hybridized carbons (Fsp3) is 0.556. The molecule has 0 saturated carbocycles. The van der Waals surface area contributed by atoms with Gasteiger partial charge in [-0.3, -0.25) is 9.59 Å². The molecule has 0 fully saturated rings. The summed E-state index contributed by atoms with van der Waals surface area (Å²) in [5, 5.41) is 2.78. The molecule has 0 spiro atoms. The van der Waals surface area contributed by atoms with Crippen LogP contribution >= 0.6 is 0 Å². The van der Waals surface area contributed by atoms with Crippen molar-refractivity contribution in [3.8, 4) is 5.75 Å². The average Bonchev–Trinajstić information content (AvgIpc) is 2.59. The number of hydrogen-bond donors (Lipinski definition) is 1. The molecule has 1 aromatic rings. The number of hydrogen-bond acceptors (Lipinski definition) is 4. The van der Waals surface area contributed by atoms with E-state index in [1.54, 1.807) is 26.0 Å². The Hall–Kier alpha value is -2.08. The van der Waals surface area contributed by atoms with E-state index >= 15 is 0 Å². The third-order valence-corrected chi connectivity index (χ3v) is 3.74. The van der Waals surface area contributed by atoms with E-state index in [2.05, 4.69) is 5.32 Å². The quantitative estimate of drug-likeness (QED) is 0.699. The van der Waals surface area contributed by atoms with Crippen LogP contribution in [0.1, 0.15) is 26.3 Å². The predicted octanol–water partition coefficient (Wildman–Crippen LogP) is 1.83. The van der Waals surface area contributed by atoms with Gasteiger partial charge < -0.3 is 19.7 Å². The number of carbonyl (C=O) groups excluding carboxylic acids is 2. The topological polar surface area (TPSA) is 67.9 Å². The first-order valence-electron chi connectivity index (χ1n) is 8.10. The summed E-state index contributed by atoms with van der Waals surface area (Å²) in [5.74, 6) is 0.332. The van der Waals surface area contributed by atoms with Crippen molar-refractivity contribution in [2.75, 3.05) is 27.4 Å². The molecule has 0 aliphatic rings. The highest BCUT2D eigenvalue weighted by atomic mass is 16.5. The largest absolute Gasteiger partial charge is 0.497 e. The number of nitrogens with one attached hydrogen (secondary N) is 1. The Kier molecular flexibility index (Phi) is 8.26. The zero-order valence-electron chi connectivity index (χ0n) is 15.2. The van der Waals surface area contributed by atoms with Gasteiger partial charge in [-0.05, 0) is 24.6 Å². The van der Waals surface area contributed by atoms with Crippen LogP contribution in [0, 0.1) is 5.92 Å². The van der Waals surface area contributed by atoms with Gasteiger partial charge in [0, 0.05) is 26.1 Å². The van der Waals surface area contributed by atoms with Gasteiger partial charge in [-0.25, -0.2) is 0 Å². The molecule has 6 nitrogen and oxygen atoms in total. The minimum atomic E-state index is -0.557. The molecule has 1 rings (SSSR count). The minimum Gasteiger partial charge on any atom is -0.497 e. The van der Waals surface area contributed by atoms with Gasteiger partial charge in [0.15, 0.2) is 0 Å². The molecule has 0 radical (unpaired) electrons. The molecule has 24 heavy (non-hydrogen) atoms. The van der Waals surface area contributed by atoms with E-state index in [4.69, 9.17) is 9.47 Å². The number of carbonyl (C=O) groups is 2. The summed E-state index contributed by atoms with van der Waals surface area (Å²) in [5.41, 5.74) is 0.946. The Balaban J connectivity index is 2.86. The van der Waals surface area contributed by atoms with Crippen LogP contribution in [0.5, 0.6) is 5.75 Å². The molecule has 1 aromatic carbocycles. The van der Waals surface area contributed by atoms with Crippen LogP contribution in [0.3, 0.4) is 0 Å². The van der Waals surface area contributed by atoms with E-state index in [0.29, 0.717) is 19.7 Å². The lowest BCUT2D eigenvalue weighted by Crippen LogP contribution is -2.49. The lowest BCUT2D eigenvalue weighted by atomic mass is 10.1. The molecular formula is C18H28N2O4. The smallest absolute Gasteiger partial charge is 0.242 e. The monoisotopic (exact) mass is 336 g/mol. The summed E-state index contributed by atoms with van der Waals surface area (Å²) in [6.45, 7) is 6.64. The lowest BCUT2D eigenvalue weighted by Gasteiger charge is -2.30. The third kappa shape index (κ3) is 5.85. The number of nitrogens with zero attached hydrogens (tertiary/aromatic N) is 1. The van der Waals surface area contributed by atoms with E-state index in [9.17, 15) is 9.59 Å². The molecule has 6 heteroatoms. The van der Waals surface area contributed by atoms with E-state index in [1.165, 1.54) is 0 Å². The first-order valence-corrected chi connectivity index (χ1v) is 8.10. The summed E-state index contributed by atoms with van der Waals surface area (Å²) >= 11 is 0. The van der Waals surface area contributed by atoms with Gasteiger partial charge in [0.05, 0.1) is 13.7 Å². The van der Waals surface area contributed by atoms with Crippen molar-refractivity contribution in [1.29, 1.82) is 0 Å². The highest BCUT2D eigenvalue weighted by Gasteiger charge is 2.27. The van der Waals surface area contributed by atoms with Crippen molar-refractivity contribution in [2.24, 2.45) is 5.92 Å². The Morgan fingerprint density at radius 3 is 2.25 bits per heavy atom. The Morgan fingerprint density at radius 2 is 1.75 bits per heavy atom. The second-order valence-electron chi connectivity index (χ2n) is 5.93. The van der Waals surface area contributed by atoms with E-state index in [0.717, 1.165) is 11.3 Å². The van der Waals surface area contributed by atoms with Crippen LogP contribution in [-0.2, 0) is 20.9 Å². The summed E-state index contributed by atoms with van der Waals surface area (Å²) in [6, 6.07) is 6.93. The SMILES string of the molecule is COCCNC(=O)[C@H](C)N(Cc1ccc(OC)cc1)C(=O)C(C)C. The average molecular weight is 336 g/mol. The van der Waals surface area contributed by atoms with Crippen molar-refractivity contribution in [3.63, 3.8) is 0 Å². The van der Waals surface area contributed by atoms with Crippen molar-refractivity contribution in [2.45, 2.75) is 33.4 Å². The van der Waals surface area contributed by atoms with E-state index < -0.39 is 6.04 Å². The number of ether oxygens (including phenoxy) is 2. The zero-order chi connectivity index (χ0) is 18.1. The van der Waals surface area contributed by atoms with Crippen molar-refractivity contribution in [1.82, 2.24) is 10.2 Å². The van der Waals surface area contributed by atoms with Crippen molar-refractivity contribution in [3.05, 3.63) is 29.8 Å². The van der Waals surface area contributed by atoms with Crippen molar-refractivity contribution >= 4 is 11.8 Å². The molecule has 0 aromatic heterocycles. The first-order chi connectivity index (χ1) is 11.4. The van der Waals surface area contributed by atoms with Crippen LogP contribution in [0.2, 0.25) is 0 Å². The van der Waals surface area contributed by atoms with Gasteiger partial charge in [-0.2, -0.15) is 0 Å². The van der Waals surface area contributed by atoms with Crippen LogP contribution in [0.25, 0.3) is 0 Å². The molecule has 0 saturated heterocycles. The minimum absolute atomic E-state index is 0.0554. The standard InChI is InChI=1S/C18H28N2O4/c1-13(2)18(22)20(14(3)17(21)19-10-11-23-4)12-15-6-8-16(24-5)9-7-15/h6-9,13-14H,10-12H2,1-5H3,(H,19,21)/t14-/m0/s1. The third-order valence-electron chi connectivity index (χ3n) is 3.74. The molecule has 1 atom stereocenters. The summed E-state index contributed by atoms with van der Waals surface area (Å²) in [7, 11) is 3.18. The molecule has 134 valence electrons. The molecule has 0 unspecified atom stereocenters. The second-order valence-corrected chi connectivity index (χ2v) is 5.93. The van der Waals surface area contributed by atoms with Crippen LogP contribution in [0.4, 0.5) is 0 Å². The molecule has 0 aliphatic carbocycles. The van der Waals surface area contributed by atoms with Crippen LogP contribution in [-0.4, -0.2) is 50.1 Å². The molecule has 2 amide bonds. The van der Waals surface area contributed by atoms with Crippen molar-refractivity contribution < 1.29 is 19.1 Å². The number of rotatable bonds is 9. The molecular weight excluding hydrogens is 308 g/mol. The predicted molar refractivity (Wildman–Crippen MR) is 92.7 cm³/mol. The van der Waals surface area contributed by atoms with Gasteiger partial charge in [0.1, 0.15) is 11.8 Å². The Morgan fingerprint density at radius 1 is 1.12 bits per heavy atom. The van der Waals surface area contributed by atoms with Gasteiger partial charge in [0.2, 0.25) is 11.8 Å². The Labute approximate surface area is 144 Å². The van der Waals surface area contributed by atoms with E-state index in [-0.39, 0.29) is 17.7 Å². The Bertz CT molecular complexity index is 528. The fourth-order valence-corrected chi connectivity index (χ4v) is 2.23. The first kappa shape index (κ1) is 20.0. The molecule has 0 heterocycles. The van der Waals surface area contributed by atoms with Gasteiger partial charge >= 0.3 is 0 Å². The zero-order valence-corrected chi connectivity index (χ0v) is 15.2. The summed E-state index contributed by atoms with van der Waals surface area (Å²) in [6.07, 6.45) is 0. The summed E-state index contributed by atoms with van der Waals surface area (Å²) in [4.78, 5) is 26.4. The number of benzene rings is 1. The summed E-state index contributed by atoms with van der Waals surface area (Å²) < 4.78 is 10.1. The number of amides is 2. The van der Waals surface area contributed by atoms with Gasteiger partial charge in [-0.1, -0.05) is 26.0 Å². The maximum Gasteiger partial charge on any atom is 0.242 e. The number of methoxy groups -OCH3 is 2. The highest BCUT2D eigenvalue weighted by molar-refractivity contribution is 5.88. The molecule has 0 bridgehead atoms.